The molecule has 0 spiro atoms. The average molecular weight is 282 g/mol. The molecule has 2 fully saturated rings. The van der Waals surface area contributed by atoms with Gasteiger partial charge in [-0.25, -0.2) is 0 Å². The van der Waals surface area contributed by atoms with Gasteiger partial charge in [0.1, 0.15) is 0 Å². The van der Waals surface area contributed by atoms with Crippen LogP contribution in [0, 0.1) is 35.5 Å². The minimum Gasteiger partial charge on any atom is -0.393 e. The van der Waals surface area contributed by atoms with Crippen molar-refractivity contribution in [3.63, 3.8) is 0 Å². The molecule has 2 aliphatic rings. The number of aliphatic hydroxyl groups excluding tert-OH is 2. The van der Waals surface area contributed by atoms with Crippen LogP contribution in [0.4, 0.5) is 0 Å². The SMILES string of the molecule is CC(C)C(C1CCC(O)CC1C)C1CCC(O)CC1C. The summed E-state index contributed by atoms with van der Waals surface area (Å²) in [4.78, 5) is 0. The molecule has 2 nitrogen and oxygen atoms in total. The van der Waals surface area contributed by atoms with Gasteiger partial charge < -0.3 is 10.2 Å². The van der Waals surface area contributed by atoms with E-state index < -0.39 is 0 Å². The van der Waals surface area contributed by atoms with Gasteiger partial charge in [-0.05, 0) is 74.0 Å². The molecule has 0 radical (unpaired) electrons. The first kappa shape index (κ1) is 16.3. The summed E-state index contributed by atoms with van der Waals surface area (Å²) in [7, 11) is 0. The molecule has 0 bridgehead atoms. The van der Waals surface area contributed by atoms with Crippen molar-refractivity contribution in [2.75, 3.05) is 0 Å². The van der Waals surface area contributed by atoms with Crippen LogP contribution < -0.4 is 0 Å². The van der Waals surface area contributed by atoms with Crippen LogP contribution in [0.3, 0.4) is 0 Å². The van der Waals surface area contributed by atoms with E-state index in [1.807, 2.05) is 0 Å². The van der Waals surface area contributed by atoms with E-state index in [9.17, 15) is 10.2 Å². The molecule has 2 rings (SSSR count). The summed E-state index contributed by atoms with van der Waals surface area (Å²) >= 11 is 0. The first-order valence-electron chi connectivity index (χ1n) is 8.76. The highest BCUT2D eigenvalue weighted by atomic mass is 16.3. The van der Waals surface area contributed by atoms with Gasteiger partial charge in [0.2, 0.25) is 0 Å². The third-order valence-electron chi connectivity index (χ3n) is 6.17. The second kappa shape index (κ2) is 6.79. The molecule has 2 heteroatoms. The van der Waals surface area contributed by atoms with Crippen LogP contribution in [0.2, 0.25) is 0 Å². The van der Waals surface area contributed by atoms with E-state index in [2.05, 4.69) is 27.7 Å². The Labute approximate surface area is 125 Å². The molecular weight excluding hydrogens is 248 g/mol. The van der Waals surface area contributed by atoms with E-state index in [4.69, 9.17) is 0 Å². The van der Waals surface area contributed by atoms with Crippen molar-refractivity contribution in [1.82, 2.24) is 0 Å². The quantitative estimate of drug-likeness (QED) is 0.825. The fourth-order valence-electron chi connectivity index (χ4n) is 5.23. The molecule has 6 atom stereocenters. The fourth-order valence-corrected chi connectivity index (χ4v) is 5.23. The van der Waals surface area contributed by atoms with Crippen molar-refractivity contribution < 1.29 is 10.2 Å². The highest BCUT2D eigenvalue weighted by Crippen LogP contribution is 2.47. The molecule has 0 aromatic heterocycles. The molecule has 2 saturated carbocycles. The summed E-state index contributed by atoms with van der Waals surface area (Å²) in [5.41, 5.74) is 0. The smallest absolute Gasteiger partial charge is 0.0543 e. The van der Waals surface area contributed by atoms with Gasteiger partial charge in [-0.3, -0.25) is 0 Å². The van der Waals surface area contributed by atoms with Crippen LogP contribution in [0.5, 0.6) is 0 Å². The topological polar surface area (TPSA) is 40.5 Å². The monoisotopic (exact) mass is 282 g/mol. The largest absolute Gasteiger partial charge is 0.393 e. The first-order valence-corrected chi connectivity index (χ1v) is 8.76. The Morgan fingerprint density at radius 2 is 1.15 bits per heavy atom. The highest BCUT2D eigenvalue weighted by Gasteiger charge is 2.41. The summed E-state index contributed by atoms with van der Waals surface area (Å²) in [5, 5.41) is 19.8. The number of hydrogen-bond donors (Lipinski definition) is 2. The third-order valence-corrected chi connectivity index (χ3v) is 6.17. The molecule has 118 valence electrons. The maximum Gasteiger partial charge on any atom is 0.0543 e. The minimum atomic E-state index is -0.0698. The maximum atomic E-state index is 9.88. The number of rotatable bonds is 3. The van der Waals surface area contributed by atoms with E-state index >= 15 is 0 Å². The van der Waals surface area contributed by atoms with Gasteiger partial charge in [0, 0.05) is 0 Å². The van der Waals surface area contributed by atoms with Crippen molar-refractivity contribution in [3.8, 4) is 0 Å². The Hall–Kier alpha value is -0.0800. The zero-order valence-electron chi connectivity index (χ0n) is 13.8. The lowest BCUT2D eigenvalue weighted by atomic mass is 9.59. The highest BCUT2D eigenvalue weighted by molar-refractivity contribution is 4.91. The third kappa shape index (κ3) is 3.57. The Kier molecular flexibility index (Phi) is 5.53. The van der Waals surface area contributed by atoms with Crippen LogP contribution in [0.15, 0.2) is 0 Å². The molecule has 2 N–H and O–H groups in total. The van der Waals surface area contributed by atoms with E-state index in [1.165, 1.54) is 12.8 Å². The second-order valence-electron chi connectivity index (χ2n) is 8.04. The summed E-state index contributed by atoms with van der Waals surface area (Å²) < 4.78 is 0. The van der Waals surface area contributed by atoms with Crippen LogP contribution in [0.25, 0.3) is 0 Å². The van der Waals surface area contributed by atoms with Gasteiger partial charge >= 0.3 is 0 Å². The first-order chi connectivity index (χ1) is 9.40. The molecule has 0 saturated heterocycles. The van der Waals surface area contributed by atoms with Gasteiger partial charge in [0.25, 0.3) is 0 Å². The average Bonchev–Trinajstić information content (AvgIpc) is 2.34. The molecule has 0 aliphatic heterocycles. The molecular formula is C18H34O2. The van der Waals surface area contributed by atoms with E-state index in [1.54, 1.807) is 0 Å². The van der Waals surface area contributed by atoms with Crippen molar-refractivity contribution in [1.29, 1.82) is 0 Å². The lowest BCUT2D eigenvalue weighted by molar-refractivity contribution is -0.0183. The summed E-state index contributed by atoms with van der Waals surface area (Å²) in [6.07, 6.45) is 6.19. The second-order valence-corrected chi connectivity index (χ2v) is 8.04. The number of aliphatic hydroxyl groups is 2. The Balaban J connectivity index is 2.10. The van der Waals surface area contributed by atoms with Crippen molar-refractivity contribution >= 4 is 0 Å². The Morgan fingerprint density at radius 3 is 1.45 bits per heavy atom. The Bertz CT molecular complexity index is 276. The van der Waals surface area contributed by atoms with E-state index in [0.717, 1.165) is 43.4 Å². The van der Waals surface area contributed by atoms with Gasteiger partial charge in [0.15, 0.2) is 0 Å². The molecule has 6 unspecified atom stereocenters. The van der Waals surface area contributed by atoms with Crippen LogP contribution in [-0.4, -0.2) is 22.4 Å². The zero-order chi connectivity index (χ0) is 14.9. The number of hydrogen-bond acceptors (Lipinski definition) is 2. The van der Waals surface area contributed by atoms with E-state index in [-0.39, 0.29) is 12.2 Å². The standard InChI is InChI=1S/C18H34O2/c1-11(2)18(16-7-5-14(19)9-12(16)3)17-8-6-15(20)10-13(17)4/h11-20H,5-10H2,1-4H3. The van der Waals surface area contributed by atoms with Crippen LogP contribution >= 0.6 is 0 Å². The molecule has 0 aromatic carbocycles. The molecule has 2 aliphatic carbocycles. The van der Waals surface area contributed by atoms with Gasteiger partial charge in [-0.1, -0.05) is 27.7 Å². The molecule has 20 heavy (non-hydrogen) atoms. The minimum absolute atomic E-state index is 0.0698. The summed E-state index contributed by atoms with van der Waals surface area (Å²) in [6.45, 7) is 9.43. The Morgan fingerprint density at radius 1 is 0.750 bits per heavy atom. The van der Waals surface area contributed by atoms with Crippen molar-refractivity contribution in [3.05, 3.63) is 0 Å². The normalized spacial score (nSPS) is 44.5. The predicted octanol–water partition coefficient (Wildman–Crippen LogP) is 3.85. The summed E-state index contributed by atoms with van der Waals surface area (Å²) in [5.74, 6) is 4.29. The van der Waals surface area contributed by atoms with Gasteiger partial charge in [-0.15, -0.1) is 0 Å². The fraction of sp³-hybridized carbons (Fsp3) is 1.00. The van der Waals surface area contributed by atoms with E-state index in [0.29, 0.717) is 17.8 Å². The maximum absolute atomic E-state index is 9.88. The lowest BCUT2D eigenvalue weighted by Gasteiger charge is -2.47. The lowest BCUT2D eigenvalue weighted by Crippen LogP contribution is -2.41. The van der Waals surface area contributed by atoms with Crippen LogP contribution in [0.1, 0.15) is 66.2 Å². The zero-order valence-corrected chi connectivity index (χ0v) is 13.8. The molecule has 0 aromatic rings. The van der Waals surface area contributed by atoms with Crippen molar-refractivity contribution in [2.24, 2.45) is 35.5 Å². The predicted molar refractivity (Wildman–Crippen MR) is 83.4 cm³/mol. The van der Waals surface area contributed by atoms with Gasteiger partial charge in [0.05, 0.1) is 12.2 Å². The molecule has 0 amide bonds. The van der Waals surface area contributed by atoms with Crippen molar-refractivity contribution in [2.45, 2.75) is 78.4 Å². The molecule has 0 heterocycles. The summed E-state index contributed by atoms with van der Waals surface area (Å²) in [6, 6.07) is 0. The van der Waals surface area contributed by atoms with Crippen LogP contribution in [-0.2, 0) is 0 Å². The van der Waals surface area contributed by atoms with Gasteiger partial charge in [-0.2, -0.15) is 0 Å².